The second-order valence-electron chi connectivity index (χ2n) is 4.68. The van der Waals surface area contributed by atoms with Gasteiger partial charge >= 0.3 is 5.69 Å². The Morgan fingerprint density at radius 1 is 1.53 bits per heavy atom. The summed E-state index contributed by atoms with van der Waals surface area (Å²) in [6.07, 6.45) is 1.13. The summed E-state index contributed by atoms with van der Waals surface area (Å²) in [5.74, 6) is 0.675. The molecule has 0 aliphatic rings. The summed E-state index contributed by atoms with van der Waals surface area (Å²) < 4.78 is 1.25. The van der Waals surface area contributed by atoms with Crippen LogP contribution in [0.15, 0.2) is 16.9 Å². The number of nitrogens with zero attached hydrogens (tertiary/aromatic N) is 4. The minimum absolute atomic E-state index is 0.324. The molecule has 7 nitrogen and oxygen atoms in total. The van der Waals surface area contributed by atoms with Crippen LogP contribution in [0.4, 0.5) is 5.82 Å². The first kappa shape index (κ1) is 13.5. The maximum Gasteiger partial charge on any atom is 0.364 e. The van der Waals surface area contributed by atoms with Crippen LogP contribution in [0.5, 0.6) is 0 Å². The number of fused-ring (bicyclic) bond motifs is 1. The molecule has 1 unspecified atom stereocenters. The molecule has 0 amide bonds. The van der Waals surface area contributed by atoms with Crippen molar-refractivity contribution in [2.24, 2.45) is 0 Å². The molecule has 2 N–H and O–H groups in total. The number of likely N-dealkylation sites (N-methyl/N-ethyl adjacent to an activating group) is 1. The summed E-state index contributed by atoms with van der Waals surface area (Å²) in [6, 6.07) is 4.14. The molecule has 0 spiro atoms. The molecular formula is C12H20N6O. The zero-order valence-electron chi connectivity index (χ0n) is 11.6. The Morgan fingerprint density at radius 3 is 3.05 bits per heavy atom. The molecule has 2 aromatic rings. The van der Waals surface area contributed by atoms with E-state index in [2.05, 4.69) is 46.4 Å². The fraction of sp³-hybridized carbons (Fsp3) is 0.583. The molecular weight excluding hydrogens is 244 g/mol. The number of H-pyrrole nitrogens is 1. The Kier molecular flexibility index (Phi) is 4.16. The number of aromatic nitrogens is 4. The van der Waals surface area contributed by atoms with Crippen molar-refractivity contribution in [2.45, 2.75) is 26.3 Å². The second-order valence-corrected chi connectivity index (χ2v) is 4.68. The third kappa shape index (κ3) is 3.11. The third-order valence-electron chi connectivity index (χ3n) is 3.39. The van der Waals surface area contributed by atoms with Crippen molar-refractivity contribution in [3.8, 4) is 0 Å². The summed E-state index contributed by atoms with van der Waals surface area (Å²) >= 11 is 0. The fourth-order valence-corrected chi connectivity index (χ4v) is 1.79. The molecule has 2 aromatic heterocycles. The maximum absolute atomic E-state index is 11.4. The van der Waals surface area contributed by atoms with Crippen LogP contribution in [0.25, 0.3) is 5.65 Å². The van der Waals surface area contributed by atoms with Gasteiger partial charge in [0.05, 0.1) is 0 Å². The van der Waals surface area contributed by atoms with Gasteiger partial charge in [-0.2, -0.15) is 9.61 Å². The quantitative estimate of drug-likeness (QED) is 0.797. The molecule has 2 rings (SSSR count). The van der Waals surface area contributed by atoms with Gasteiger partial charge in [-0.05, 0) is 32.5 Å². The third-order valence-corrected chi connectivity index (χ3v) is 3.39. The highest BCUT2D eigenvalue weighted by atomic mass is 16.2. The number of anilines is 1. The molecule has 2 heterocycles. The van der Waals surface area contributed by atoms with Crippen LogP contribution >= 0.6 is 0 Å². The molecule has 1 atom stereocenters. The van der Waals surface area contributed by atoms with Gasteiger partial charge in [0.1, 0.15) is 5.82 Å². The Labute approximate surface area is 111 Å². The van der Waals surface area contributed by atoms with E-state index in [1.807, 2.05) is 6.07 Å². The van der Waals surface area contributed by atoms with Crippen LogP contribution in [0.3, 0.4) is 0 Å². The van der Waals surface area contributed by atoms with Crippen molar-refractivity contribution in [2.75, 3.05) is 25.5 Å². The Hall–Kier alpha value is -1.89. The zero-order chi connectivity index (χ0) is 13.8. The van der Waals surface area contributed by atoms with Crippen LogP contribution < -0.4 is 11.0 Å². The molecule has 104 valence electrons. The van der Waals surface area contributed by atoms with Crippen molar-refractivity contribution < 1.29 is 0 Å². The minimum atomic E-state index is -0.324. The van der Waals surface area contributed by atoms with E-state index >= 15 is 0 Å². The van der Waals surface area contributed by atoms with E-state index in [9.17, 15) is 4.79 Å². The standard InChI is InChI=1S/C12H20N6O/c1-4-9(2)17(3)8-7-13-10-5-6-11-14-15-12(19)18(11)16-10/h5-6,9H,4,7-8H2,1-3H3,(H,13,16)(H,15,19). The smallest absolute Gasteiger partial charge is 0.364 e. The van der Waals surface area contributed by atoms with Gasteiger partial charge in [-0.15, -0.1) is 5.10 Å². The lowest BCUT2D eigenvalue weighted by Crippen LogP contribution is -2.32. The zero-order valence-corrected chi connectivity index (χ0v) is 11.6. The number of aromatic amines is 1. The fourth-order valence-electron chi connectivity index (χ4n) is 1.79. The van der Waals surface area contributed by atoms with E-state index in [0.29, 0.717) is 17.5 Å². The first-order chi connectivity index (χ1) is 9.11. The molecule has 0 aromatic carbocycles. The van der Waals surface area contributed by atoms with Crippen molar-refractivity contribution >= 4 is 11.5 Å². The first-order valence-electron chi connectivity index (χ1n) is 6.50. The Morgan fingerprint density at radius 2 is 2.32 bits per heavy atom. The van der Waals surface area contributed by atoms with E-state index in [1.165, 1.54) is 4.52 Å². The van der Waals surface area contributed by atoms with Gasteiger partial charge in [-0.3, -0.25) is 0 Å². The van der Waals surface area contributed by atoms with Gasteiger partial charge in [-0.1, -0.05) is 6.92 Å². The highest BCUT2D eigenvalue weighted by Gasteiger charge is 2.06. The monoisotopic (exact) mass is 264 g/mol. The van der Waals surface area contributed by atoms with Crippen LogP contribution in [-0.4, -0.2) is 50.9 Å². The Bertz CT molecular complexity index is 589. The molecule has 19 heavy (non-hydrogen) atoms. The highest BCUT2D eigenvalue weighted by Crippen LogP contribution is 2.03. The van der Waals surface area contributed by atoms with Crippen molar-refractivity contribution in [1.82, 2.24) is 24.7 Å². The summed E-state index contributed by atoms with van der Waals surface area (Å²) in [6.45, 7) is 6.09. The second kappa shape index (κ2) is 5.83. The topological polar surface area (TPSA) is 78.3 Å². The van der Waals surface area contributed by atoms with Crippen molar-refractivity contribution in [3.05, 3.63) is 22.6 Å². The molecule has 0 aliphatic carbocycles. The lowest BCUT2D eigenvalue weighted by molar-refractivity contribution is 0.261. The van der Waals surface area contributed by atoms with Crippen LogP contribution in [0, 0.1) is 0 Å². The van der Waals surface area contributed by atoms with E-state index in [4.69, 9.17) is 0 Å². The average Bonchev–Trinajstić information content (AvgIpc) is 2.79. The van der Waals surface area contributed by atoms with Crippen molar-refractivity contribution in [3.63, 3.8) is 0 Å². The predicted octanol–water partition coefficient (Wildman–Crippen LogP) is 0.560. The summed E-state index contributed by atoms with van der Waals surface area (Å²) in [7, 11) is 2.10. The molecule has 7 heteroatoms. The summed E-state index contributed by atoms with van der Waals surface area (Å²) in [5.41, 5.74) is 0.197. The number of rotatable bonds is 6. The van der Waals surface area contributed by atoms with Crippen LogP contribution in [0.2, 0.25) is 0 Å². The Balaban J connectivity index is 1.94. The molecule has 0 saturated carbocycles. The summed E-state index contributed by atoms with van der Waals surface area (Å²) in [5, 5.41) is 13.6. The van der Waals surface area contributed by atoms with Gasteiger partial charge in [-0.25, -0.2) is 9.89 Å². The van der Waals surface area contributed by atoms with Gasteiger partial charge < -0.3 is 10.2 Å². The van der Waals surface area contributed by atoms with Gasteiger partial charge in [0, 0.05) is 19.1 Å². The largest absolute Gasteiger partial charge is 0.367 e. The number of hydrogen-bond donors (Lipinski definition) is 2. The SMILES string of the molecule is CCC(C)N(C)CCNc1ccc2n[nH]c(=O)n2n1. The minimum Gasteiger partial charge on any atom is -0.367 e. The van der Waals surface area contributed by atoms with Crippen LogP contribution in [-0.2, 0) is 0 Å². The summed E-state index contributed by atoms with van der Waals surface area (Å²) in [4.78, 5) is 13.7. The van der Waals surface area contributed by atoms with E-state index in [1.54, 1.807) is 6.07 Å². The van der Waals surface area contributed by atoms with Gasteiger partial charge in [0.25, 0.3) is 0 Å². The van der Waals surface area contributed by atoms with E-state index < -0.39 is 0 Å². The lowest BCUT2D eigenvalue weighted by Gasteiger charge is -2.23. The lowest BCUT2D eigenvalue weighted by atomic mass is 10.2. The average molecular weight is 264 g/mol. The van der Waals surface area contributed by atoms with Crippen molar-refractivity contribution in [1.29, 1.82) is 0 Å². The predicted molar refractivity (Wildman–Crippen MR) is 74.5 cm³/mol. The number of hydrogen-bond acceptors (Lipinski definition) is 5. The molecule has 0 aliphatic heterocycles. The molecule has 0 fully saturated rings. The molecule has 0 bridgehead atoms. The normalized spacial score (nSPS) is 13.1. The van der Waals surface area contributed by atoms with E-state index in [-0.39, 0.29) is 5.69 Å². The van der Waals surface area contributed by atoms with Crippen LogP contribution in [0.1, 0.15) is 20.3 Å². The van der Waals surface area contributed by atoms with Gasteiger partial charge in [0.15, 0.2) is 5.65 Å². The highest BCUT2D eigenvalue weighted by molar-refractivity contribution is 5.42. The number of nitrogens with one attached hydrogen (secondary N) is 2. The molecule has 0 radical (unpaired) electrons. The van der Waals surface area contributed by atoms with E-state index in [0.717, 1.165) is 19.5 Å². The molecule has 0 saturated heterocycles. The van der Waals surface area contributed by atoms with Gasteiger partial charge in [0.2, 0.25) is 0 Å². The maximum atomic E-state index is 11.4. The first-order valence-corrected chi connectivity index (χ1v) is 6.50.